The first-order valence-electron chi connectivity index (χ1n) is 14.9. The van der Waals surface area contributed by atoms with Crippen LogP contribution in [0.3, 0.4) is 0 Å². The standard InChI is InChI=1S/C34H36N6O5/c1-6-31(41)40-13-11-39(12-14-40)19-24-20(2)7-9-25-23(24)17-26(36-25)32(42)28-16-21-15-22(8-10-27(21)44-28)35-33(43)37-30-18-29(45-38-30)34(3,4)5/h6-10,15-18,36H,1,11-14,19H2,2-5H3,(H2,35,37,38,43). The van der Waals surface area contributed by atoms with Crippen LogP contribution in [0, 0.1) is 6.92 Å². The number of anilines is 2. The summed E-state index contributed by atoms with van der Waals surface area (Å²) in [4.78, 5) is 45.5. The number of furan rings is 1. The average molecular weight is 609 g/mol. The van der Waals surface area contributed by atoms with E-state index in [-0.39, 0.29) is 22.9 Å². The van der Waals surface area contributed by atoms with Crippen molar-refractivity contribution >= 4 is 51.1 Å². The number of aromatic nitrogens is 2. The molecule has 3 aromatic heterocycles. The number of urea groups is 1. The highest BCUT2D eigenvalue weighted by molar-refractivity contribution is 6.10. The van der Waals surface area contributed by atoms with E-state index >= 15 is 0 Å². The molecule has 0 saturated carbocycles. The van der Waals surface area contributed by atoms with Gasteiger partial charge in [0.05, 0.1) is 5.69 Å². The Morgan fingerprint density at radius 1 is 1.02 bits per heavy atom. The van der Waals surface area contributed by atoms with Gasteiger partial charge >= 0.3 is 6.03 Å². The van der Waals surface area contributed by atoms with Gasteiger partial charge in [0.15, 0.2) is 11.6 Å². The summed E-state index contributed by atoms with van der Waals surface area (Å²) in [5.74, 6) is 0.858. The fourth-order valence-electron chi connectivity index (χ4n) is 5.52. The second kappa shape index (κ2) is 11.7. The van der Waals surface area contributed by atoms with Gasteiger partial charge in [0.2, 0.25) is 11.7 Å². The van der Waals surface area contributed by atoms with Crippen LogP contribution < -0.4 is 10.6 Å². The van der Waals surface area contributed by atoms with E-state index in [0.29, 0.717) is 53.6 Å². The Morgan fingerprint density at radius 3 is 2.51 bits per heavy atom. The average Bonchev–Trinajstić information content (AvgIpc) is 3.76. The molecule has 3 N–H and O–H groups in total. The molecule has 0 atom stereocenters. The van der Waals surface area contributed by atoms with Crippen LogP contribution in [0.4, 0.5) is 16.3 Å². The molecule has 0 bridgehead atoms. The lowest BCUT2D eigenvalue weighted by Gasteiger charge is -2.34. The Labute approximate surface area is 260 Å². The van der Waals surface area contributed by atoms with Crippen molar-refractivity contribution in [1.29, 1.82) is 0 Å². The minimum absolute atomic E-state index is 0.0389. The molecule has 232 valence electrons. The topological polar surface area (TPSA) is 137 Å². The molecule has 5 aromatic rings. The third-order valence-corrected chi connectivity index (χ3v) is 8.12. The molecule has 1 aliphatic rings. The Kier molecular flexibility index (Phi) is 7.80. The van der Waals surface area contributed by atoms with E-state index in [4.69, 9.17) is 8.94 Å². The van der Waals surface area contributed by atoms with Gasteiger partial charge in [-0.25, -0.2) is 4.79 Å². The van der Waals surface area contributed by atoms with Crippen LogP contribution in [0.2, 0.25) is 0 Å². The summed E-state index contributed by atoms with van der Waals surface area (Å²) >= 11 is 0. The molecule has 6 rings (SSSR count). The first kappa shape index (κ1) is 29.9. The lowest BCUT2D eigenvalue weighted by Crippen LogP contribution is -2.47. The number of rotatable bonds is 7. The number of nitrogens with one attached hydrogen (secondary N) is 3. The van der Waals surface area contributed by atoms with Crippen molar-refractivity contribution in [3.63, 3.8) is 0 Å². The lowest BCUT2D eigenvalue weighted by molar-refractivity contribution is -0.127. The molecule has 11 heteroatoms. The van der Waals surface area contributed by atoms with Crippen molar-refractivity contribution in [1.82, 2.24) is 19.9 Å². The third-order valence-electron chi connectivity index (χ3n) is 8.12. The predicted octanol–water partition coefficient (Wildman–Crippen LogP) is 6.21. The van der Waals surface area contributed by atoms with Crippen molar-refractivity contribution in [2.24, 2.45) is 0 Å². The first-order chi connectivity index (χ1) is 21.5. The van der Waals surface area contributed by atoms with Crippen LogP contribution in [-0.4, -0.2) is 63.8 Å². The molecule has 4 heterocycles. The number of ketones is 1. The van der Waals surface area contributed by atoms with Crippen molar-refractivity contribution in [3.05, 3.63) is 89.5 Å². The molecule has 0 radical (unpaired) electrons. The zero-order chi connectivity index (χ0) is 31.9. The summed E-state index contributed by atoms with van der Waals surface area (Å²) < 4.78 is 11.2. The Bertz CT molecular complexity index is 1930. The van der Waals surface area contributed by atoms with Gasteiger partial charge in [-0.15, -0.1) is 0 Å². The van der Waals surface area contributed by atoms with Crippen molar-refractivity contribution in [2.75, 3.05) is 36.8 Å². The van der Waals surface area contributed by atoms with E-state index in [1.54, 1.807) is 30.3 Å². The zero-order valence-electron chi connectivity index (χ0n) is 25.8. The monoisotopic (exact) mass is 608 g/mol. The Morgan fingerprint density at radius 2 is 1.80 bits per heavy atom. The van der Waals surface area contributed by atoms with E-state index < -0.39 is 6.03 Å². The fourth-order valence-corrected chi connectivity index (χ4v) is 5.52. The Balaban J connectivity index is 1.16. The zero-order valence-corrected chi connectivity index (χ0v) is 25.8. The number of hydrogen-bond acceptors (Lipinski definition) is 7. The van der Waals surface area contributed by atoms with Crippen LogP contribution in [0.1, 0.15) is 53.9 Å². The van der Waals surface area contributed by atoms with Crippen LogP contribution in [0.15, 0.2) is 70.1 Å². The van der Waals surface area contributed by atoms with Crippen LogP contribution in [-0.2, 0) is 16.8 Å². The van der Waals surface area contributed by atoms with Gasteiger partial charge in [0.25, 0.3) is 0 Å². The van der Waals surface area contributed by atoms with Gasteiger partial charge in [-0.2, -0.15) is 0 Å². The molecule has 2 aromatic carbocycles. The van der Waals surface area contributed by atoms with Gasteiger partial charge in [-0.1, -0.05) is 38.6 Å². The summed E-state index contributed by atoms with van der Waals surface area (Å²) in [5, 5.41) is 11.0. The SMILES string of the molecule is C=CC(=O)N1CCN(Cc2c(C)ccc3[nH]c(C(=O)c4cc5cc(NC(=O)Nc6cc(C(C)(C)C)on6)ccc5o4)cc23)CC1. The maximum absolute atomic E-state index is 13.6. The predicted molar refractivity (Wildman–Crippen MR) is 173 cm³/mol. The first-order valence-corrected chi connectivity index (χ1v) is 14.9. The molecule has 45 heavy (non-hydrogen) atoms. The molecular formula is C34H36N6O5. The number of aryl methyl sites for hydroxylation is 1. The minimum Gasteiger partial charge on any atom is -0.453 e. The number of piperazine rings is 1. The number of carbonyl (C=O) groups is 3. The van der Waals surface area contributed by atoms with E-state index in [9.17, 15) is 14.4 Å². The number of benzene rings is 2. The van der Waals surface area contributed by atoms with Gasteiger partial charge in [0.1, 0.15) is 11.3 Å². The maximum Gasteiger partial charge on any atom is 0.324 e. The highest BCUT2D eigenvalue weighted by Gasteiger charge is 2.23. The lowest BCUT2D eigenvalue weighted by atomic mass is 9.93. The number of amides is 3. The van der Waals surface area contributed by atoms with Gasteiger partial charge in [-0.3, -0.25) is 19.8 Å². The van der Waals surface area contributed by atoms with Crippen LogP contribution >= 0.6 is 0 Å². The summed E-state index contributed by atoms with van der Waals surface area (Å²) in [7, 11) is 0. The summed E-state index contributed by atoms with van der Waals surface area (Å²) in [6.07, 6.45) is 1.36. The molecule has 1 fully saturated rings. The molecule has 1 aliphatic heterocycles. The van der Waals surface area contributed by atoms with Crippen molar-refractivity contribution in [3.8, 4) is 0 Å². The molecule has 3 amide bonds. The molecule has 0 unspecified atom stereocenters. The number of H-pyrrole nitrogens is 1. The molecule has 0 aliphatic carbocycles. The quantitative estimate of drug-likeness (QED) is 0.148. The fraction of sp³-hybridized carbons (Fsp3) is 0.294. The molecular weight excluding hydrogens is 572 g/mol. The number of carbonyl (C=O) groups excluding carboxylic acids is 3. The highest BCUT2D eigenvalue weighted by Crippen LogP contribution is 2.29. The minimum atomic E-state index is -0.473. The molecule has 0 spiro atoms. The van der Waals surface area contributed by atoms with Crippen LogP contribution in [0.25, 0.3) is 21.9 Å². The highest BCUT2D eigenvalue weighted by atomic mass is 16.5. The van der Waals surface area contributed by atoms with Gasteiger partial charge in [0, 0.05) is 66.2 Å². The van der Waals surface area contributed by atoms with Crippen molar-refractivity contribution in [2.45, 2.75) is 39.7 Å². The number of fused-ring (bicyclic) bond motifs is 2. The molecule has 1 saturated heterocycles. The number of nitrogens with zero attached hydrogens (tertiary/aromatic N) is 3. The van der Waals surface area contributed by atoms with Crippen LogP contribution in [0.5, 0.6) is 0 Å². The normalized spacial score (nSPS) is 14.2. The second-order valence-electron chi connectivity index (χ2n) is 12.4. The number of hydrogen-bond donors (Lipinski definition) is 3. The van der Waals surface area contributed by atoms with E-state index in [1.807, 2.05) is 37.8 Å². The van der Waals surface area contributed by atoms with Gasteiger partial charge < -0.3 is 24.1 Å². The largest absolute Gasteiger partial charge is 0.453 e. The summed E-state index contributed by atoms with van der Waals surface area (Å²) in [6.45, 7) is 15.2. The van der Waals surface area contributed by atoms with E-state index in [2.05, 4.69) is 45.2 Å². The summed E-state index contributed by atoms with van der Waals surface area (Å²) in [5.41, 5.74) is 4.40. The van der Waals surface area contributed by atoms with E-state index in [1.165, 1.54) is 6.08 Å². The number of aromatic amines is 1. The van der Waals surface area contributed by atoms with Crippen molar-refractivity contribution < 1.29 is 23.3 Å². The van der Waals surface area contributed by atoms with Gasteiger partial charge in [-0.05, 0) is 60.5 Å². The maximum atomic E-state index is 13.6. The summed E-state index contributed by atoms with van der Waals surface area (Å²) in [6, 6.07) is 14.0. The third kappa shape index (κ3) is 6.25. The molecule has 11 nitrogen and oxygen atoms in total. The second-order valence-corrected chi connectivity index (χ2v) is 12.4. The smallest absolute Gasteiger partial charge is 0.324 e. The Hall–Kier alpha value is -5.16. The van der Waals surface area contributed by atoms with E-state index in [0.717, 1.165) is 35.1 Å².